The smallest absolute Gasteiger partial charge is 0.303 e. The van der Waals surface area contributed by atoms with E-state index < -0.39 is 5.97 Å². The molecule has 0 fully saturated rings. The number of amides is 1. The van der Waals surface area contributed by atoms with Crippen LogP contribution >= 0.6 is 11.3 Å². The lowest BCUT2D eigenvalue weighted by molar-refractivity contribution is -0.138. The van der Waals surface area contributed by atoms with Gasteiger partial charge in [0.1, 0.15) is 0 Å². The highest BCUT2D eigenvalue weighted by molar-refractivity contribution is 7.18. The van der Waals surface area contributed by atoms with Crippen LogP contribution in [-0.4, -0.2) is 22.0 Å². The van der Waals surface area contributed by atoms with Crippen molar-refractivity contribution in [2.75, 3.05) is 5.32 Å². The third-order valence-electron chi connectivity index (χ3n) is 2.75. The molecule has 2 rings (SSSR count). The molecular formula is C14H16N2O3S. The van der Waals surface area contributed by atoms with Gasteiger partial charge in [0, 0.05) is 18.0 Å². The largest absolute Gasteiger partial charge is 0.481 e. The maximum absolute atomic E-state index is 11.6. The first-order valence-electron chi connectivity index (χ1n) is 6.38. The monoisotopic (exact) mass is 292 g/mol. The third-order valence-corrected chi connectivity index (χ3v) is 4.07. The van der Waals surface area contributed by atoms with E-state index >= 15 is 0 Å². The van der Waals surface area contributed by atoms with Crippen LogP contribution in [0.2, 0.25) is 0 Å². The second-order valence-electron chi connectivity index (χ2n) is 4.83. The van der Waals surface area contributed by atoms with E-state index in [1.165, 1.54) is 0 Å². The van der Waals surface area contributed by atoms with Gasteiger partial charge in [-0.3, -0.25) is 9.59 Å². The van der Waals surface area contributed by atoms with Crippen LogP contribution in [0.25, 0.3) is 10.2 Å². The number of carboxylic acid groups (broad SMARTS) is 1. The van der Waals surface area contributed by atoms with E-state index in [9.17, 15) is 9.59 Å². The van der Waals surface area contributed by atoms with E-state index in [4.69, 9.17) is 5.11 Å². The molecule has 0 unspecified atom stereocenters. The van der Waals surface area contributed by atoms with Gasteiger partial charge < -0.3 is 10.4 Å². The number of thiazole rings is 1. The van der Waals surface area contributed by atoms with Gasteiger partial charge in [-0.15, -0.1) is 11.3 Å². The highest BCUT2D eigenvalue weighted by Gasteiger charge is 2.09. The standard InChI is InChI=1S/C14H16N2O3S/c1-8(2)14-16-10-4-3-9(7-11(10)20-14)15-12(17)5-6-13(18)19/h3-4,7-8H,5-6H2,1-2H3,(H,15,17)(H,18,19). The molecule has 106 valence electrons. The summed E-state index contributed by atoms with van der Waals surface area (Å²) in [7, 11) is 0. The zero-order valence-electron chi connectivity index (χ0n) is 11.3. The molecule has 0 aliphatic heterocycles. The first-order valence-corrected chi connectivity index (χ1v) is 7.19. The Bertz CT molecular complexity index is 649. The Balaban J connectivity index is 2.11. The number of benzene rings is 1. The van der Waals surface area contributed by atoms with E-state index in [-0.39, 0.29) is 18.7 Å². The Hall–Kier alpha value is -1.95. The van der Waals surface area contributed by atoms with Crippen LogP contribution in [-0.2, 0) is 9.59 Å². The average Bonchev–Trinajstić information content (AvgIpc) is 2.79. The lowest BCUT2D eigenvalue weighted by Crippen LogP contribution is -2.12. The summed E-state index contributed by atoms with van der Waals surface area (Å²) in [4.78, 5) is 26.5. The molecule has 1 aromatic heterocycles. The van der Waals surface area contributed by atoms with Gasteiger partial charge in [0.15, 0.2) is 0 Å². The van der Waals surface area contributed by atoms with Crippen molar-refractivity contribution in [2.45, 2.75) is 32.6 Å². The van der Waals surface area contributed by atoms with Gasteiger partial charge in [0.05, 0.1) is 21.6 Å². The molecule has 1 amide bonds. The SMILES string of the molecule is CC(C)c1nc2ccc(NC(=O)CCC(=O)O)cc2s1. The summed E-state index contributed by atoms with van der Waals surface area (Å²) >= 11 is 1.61. The minimum atomic E-state index is -0.973. The van der Waals surface area contributed by atoms with Gasteiger partial charge in [0.25, 0.3) is 0 Å². The predicted molar refractivity (Wildman–Crippen MR) is 79.2 cm³/mol. The summed E-state index contributed by atoms with van der Waals surface area (Å²) in [5.74, 6) is -0.888. The minimum Gasteiger partial charge on any atom is -0.481 e. The summed E-state index contributed by atoms with van der Waals surface area (Å²) in [5, 5.41) is 12.3. The second-order valence-corrected chi connectivity index (χ2v) is 5.89. The maximum atomic E-state index is 11.6. The number of aromatic nitrogens is 1. The first kappa shape index (κ1) is 14.5. The minimum absolute atomic E-state index is 0.0205. The molecule has 0 bridgehead atoms. The molecule has 20 heavy (non-hydrogen) atoms. The van der Waals surface area contributed by atoms with Crippen molar-refractivity contribution in [1.29, 1.82) is 0 Å². The Morgan fingerprint density at radius 2 is 2.10 bits per heavy atom. The molecule has 2 aromatic rings. The molecule has 6 heteroatoms. The van der Waals surface area contributed by atoms with Gasteiger partial charge >= 0.3 is 5.97 Å². The van der Waals surface area contributed by atoms with E-state index in [0.29, 0.717) is 11.6 Å². The zero-order chi connectivity index (χ0) is 14.7. The highest BCUT2D eigenvalue weighted by atomic mass is 32.1. The van der Waals surface area contributed by atoms with Crippen molar-refractivity contribution < 1.29 is 14.7 Å². The summed E-state index contributed by atoms with van der Waals surface area (Å²) in [6, 6.07) is 5.52. The number of anilines is 1. The summed E-state index contributed by atoms with van der Waals surface area (Å²) in [5.41, 5.74) is 1.59. The van der Waals surface area contributed by atoms with Crippen molar-refractivity contribution in [1.82, 2.24) is 4.98 Å². The lowest BCUT2D eigenvalue weighted by atomic mass is 10.2. The number of fused-ring (bicyclic) bond motifs is 1. The molecule has 5 nitrogen and oxygen atoms in total. The number of aliphatic carboxylic acids is 1. The Morgan fingerprint density at radius 3 is 2.75 bits per heavy atom. The molecule has 1 aromatic carbocycles. The molecule has 0 radical (unpaired) electrons. The summed E-state index contributed by atoms with van der Waals surface area (Å²) in [6.45, 7) is 4.18. The quantitative estimate of drug-likeness (QED) is 0.886. The molecule has 0 aliphatic carbocycles. The summed E-state index contributed by atoms with van der Waals surface area (Å²) < 4.78 is 1.02. The number of hydrogen-bond acceptors (Lipinski definition) is 4. The van der Waals surface area contributed by atoms with Crippen LogP contribution in [0.4, 0.5) is 5.69 Å². The fourth-order valence-corrected chi connectivity index (χ4v) is 2.72. The molecule has 0 atom stereocenters. The Kier molecular flexibility index (Phi) is 4.34. The fraction of sp³-hybridized carbons (Fsp3) is 0.357. The second kappa shape index (κ2) is 6.00. The van der Waals surface area contributed by atoms with Crippen molar-refractivity contribution in [3.05, 3.63) is 23.2 Å². The molecule has 0 saturated heterocycles. The summed E-state index contributed by atoms with van der Waals surface area (Å²) in [6.07, 6.45) is -0.181. The van der Waals surface area contributed by atoms with Gasteiger partial charge in [-0.25, -0.2) is 4.98 Å². The molecular weight excluding hydrogens is 276 g/mol. The maximum Gasteiger partial charge on any atom is 0.303 e. The molecule has 1 heterocycles. The molecule has 2 N–H and O–H groups in total. The van der Waals surface area contributed by atoms with Gasteiger partial charge in [-0.2, -0.15) is 0 Å². The first-order chi connectivity index (χ1) is 9.45. The Labute approximate surface area is 120 Å². The number of nitrogens with one attached hydrogen (secondary N) is 1. The normalized spacial score (nSPS) is 10.9. The molecule has 0 aliphatic rings. The van der Waals surface area contributed by atoms with Crippen LogP contribution in [0.1, 0.15) is 37.6 Å². The van der Waals surface area contributed by atoms with Crippen LogP contribution < -0.4 is 5.32 Å². The number of carbonyl (C=O) groups excluding carboxylic acids is 1. The van der Waals surface area contributed by atoms with Crippen molar-refractivity contribution in [2.24, 2.45) is 0 Å². The average molecular weight is 292 g/mol. The number of carbonyl (C=O) groups is 2. The van der Waals surface area contributed by atoms with Crippen LogP contribution in [0.15, 0.2) is 18.2 Å². The fourth-order valence-electron chi connectivity index (χ4n) is 1.71. The van der Waals surface area contributed by atoms with E-state index in [2.05, 4.69) is 24.1 Å². The Morgan fingerprint density at radius 1 is 1.35 bits per heavy atom. The third kappa shape index (κ3) is 3.54. The van der Waals surface area contributed by atoms with Crippen molar-refractivity contribution in [3.8, 4) is 0 Å². The number of hydrogen-bond donors (Lipinski definition) is 2. The number of rotatable bonds is 5. The number of nitrogens with zero attached hydrogens (tertiary/aromatic N) is 1. The molecule has 0 saturated carbocycles. The van der Waals surface area contributed by atoms with Crippen LogP contribution in [0.5, 0.6) is 0 Å². The van der Waals surface area contributed by atoms with Crippen LogP contribution in [0, 0.1) is 0 Å². The van der Waals surface area contributed by atoms with Crippen LogP contribution in [0.3, 0.4) is 0 Å². The van der Waals surface area contributed by atoms with E-state index in [0.717, 1.165) is 15.2 Å². The highest BCUT2D eigenvalue weighted by Crippen LogP contribution is 2.29. The van der Waals surface area contributed by atoms with E-state index in [1.54, 1.807) is 17.4 Å². The topological polar surface area (TPSA) is 79.3 Å². The lowest BCUT2D eigenvalue weighted by Gasteiger charge is -2.03. The van der Waals surface area contributed by atoms with Gasteiger partial charge in [0.2, 0.25) is 5.91 Å². The van der Waals surface area contributed by atoms with E-state index in [1.807, 2.05) is 12.1 Å². The van der Waals surface area contributed by atoms with Crippen molar-refractivity contribution >= 4 is 39.1 Å². The number of carboxylic acids is 1. The molecule has 0 spiro atoms. The van der Waals surface area contributed by atoms with Gasteiger partial charge in [-0.1, -0.05) is 13.8 Å². The predicted octanol–water partition coefficient (Wildman–Crippen LogP) is 3.22. The van der Waals surface area contributed by atoms with Crippen molar-refractivity contribution in [3.63, 3.8) is 0 Å². The van der Waals surface area contributed by atoms with Gasteiger partial charge in [-0.05, 0) is 18.2 Å². The zero-order valence-corrected chi connectivity index (χ0v) is 12.2.